The van der Waals surface area contributed by atoms with Gasteiger partial charge in [-0.15, -0.1) is 0 Å². The highest BCUT2D eigenvalue weighted by molar-refractivity contribution is 7.84. The van der Waals surface area contributed by atoms with Crippen molar-refractivity contribution >= 4 is 16.7 Å². The zero-order valence-electron chi connectivity index (χ0n) is 11.7. The third-order valence-corrected chi connectivity index (χ3v) is 4.28. The first-order chi connectivity index (χ1) is 10.1. The molecule has 0 radical (unpaired) electrons. The lowest BCUT2D eigenvalue weighted by atomic mass is 10.0. The van der Waals surface area contributed by atoms with Crippen molar-refractivity contribution in [1.82, 2.24) is 0 Å². The fraction of sp³-hybridized carbons (Fsp3) is 0.188. The molecule has 0 bridgehead atoms. The predicted octanol–water partition coefficient (Wildman–Crippen LogP) is 2.10. The zero-order chi connectivity index (χ0) is 15.2. The van der Waals surface area contributed by atoms with E-state index in [1.807, 2.05) is 48.5 Å². The Hall–Kier alpha value is -2.14. The summed E-state index contributed by atoms with van der Waals surface area (Å²) in [6.45, 7) is 0. The molecule has 0 saturated carbocycles. The van der Waals surface area contributed by atoms with Crippen LogP contribution >= 0.6 is 0 Å². The number of nitrogens with two attached hydrogens (primary N) is 1. The lowest BCUT2D eigenvalue weighted by Crippen LogP contribution is -2.20. The van der Waals surface area contributed by atoms with Gasteiger partial charge in [0.1, 0.15) is 11.5 Å². The summed E-state index contributed by atoms with van der Waals surface area (Å²) in [7, 11) is 0.331. The Morgan fingerprint density at radius 3 is 2.43 bits per heavy atom. The topological polar surface area (TPSA) is 69.4 Å². The Morgan fingerprint density at radius 1 is 1.14 bits per heavy atom. The number of rotatable bonds is 6. The van der Waals surface area contributed by atoms with E-state index in [0.717, 1.165) is 22.4 Å². The molecule has 4 nitrogen and oxygen atoms in total. The van der Waals surface area contributed by atoms with E-state index in [4.69, 9.17) is 10.5 Å². The largest absolute Gasteiger partial charge is 0.497 e. The first-order valence-corrected chi connectivity index (χ1v) is 7.94. The molecule has 0 saturated heterocycles. The number of hydrogen-bond donors (Lipinski definition) is 1. The zero-order valence-corrected chi connectivity index (χ0v) is 12.6. The SMILES string of the molecule is COc1ccc(-c2ccccc2C[S@](=O)CC(N)=O)cc1. The number of amides is 1. The van der Waals surface area contributed by atoms with Gasteiger partial charge in [0, 0.05) is 16.6 Å². The molecule has 0 aliphatic carbocycles. The minimum Gasteiger partial charge on any atom is -0.497 e. The van der Waals surface area contributed by atoms with Crippen LogP contribution in [0.25, 0.3) is 11.1 Å². The van der Waals surface area contributed by atoms with Crippen molar-refractivity contribution in [3.8, 4) is 16.9 Å². The van der Waals surface area contributed by atoms with E-state index in [1.54, 1.807) is 7.11 Å². The number of methoxy groups -OCH3 is 1. The summed E-state index contributed by atoms with van der Waals surface area (Å²) in [5.74, 6) is 0.436. The van der Waals surface area contributed by atoms with Gasteiger partial charge in [-0.1, -0.05) is 36.4 Å². The van der Waals surface area contributed by atoms with Crippen LogP contribution in [-0.4, -0.2) is 23.0 Å². The summed E-state index contributed by atoms with van der Waals surface area (Å²) in [6.07, 6.45) is 0. The average molecular weight is 303 g/mol. The second kappa shape index (κ2) is 7.04. The molecule has 2 aromatic carbocycles. The van der Waals surface area contributed by atoms with E-state index >= 15 is 0 Å². The molecule has 2 N–H and O–H groups in total. The Kier molecular flexibility index (Phi) is 5.11. The normalized spacial score (nSPS) is 11.9. The van der Waals surface area contributed by atoms with Crippen molar-refractivity contribution in [2.75, 3.05) is 12.9 Å². The van der Waals surface area contributed by atoms with Crippen molar-refractivity contribution < 1.29 is 13.7 Å². The molecule has 21 heavy (non-hydrogen) atoms. The van der Waals surface area contributed by atoms with E-state index in [0.29, 0.717) is 5.75 Å². The minimum absolute atomic E-state index is 0.114. The second-order valence-corrected chi connectivity index (χ2v) is 6.04. The predicted molar refractivity (Wildman–Crippen MR) is 84.3 cm³/mol. The monoisotopic (exact) mass is 303 g/mol. The van der Waals surface area contributed by atoms with Crippen LogP contribution in [0, 0.1) is 0 Å². The molecule has 0 aliphatic heterocycles. The van der Waals surface area contributed by atoms with Gasteiger partial charge in [-0.2, -0.15) is 0 Å². The molecule has 110 valence electrons. The summed E-state index contributed by atoms with van der Waals surface area (Å²) in [5, 5.41) is 0. The summed E-state index contributed by atoms with van der Waals surface area (Å²) >= 11 is 0. The Balaban J connectivity index is 2.27. The van der Waals surface area contributed by atoms with Gasteiger partial charge >= 0.3 is 0 Å². The van der Waals surface area contributed by atoms with Crippen LogP contribution in [0.5, 0.6) is 5.75 Å². The molecule has 1 atom stereocenters. The molecule has 0 unspecified atom stereocenters. The van der Waals surface area contributed by atoms with Crippen LogP contribution in [0.2, 0.25) is 0 Å². The molecule has 0 aliphatic rings. The van der Waals surface area contributed by atoms with Crippen molar-refractivity contribution in [2.24, 2.45) is 5.73 Å². The molecule has 1 amide bonds. The molecular weight excluding hydrogens is 286 g/mol. The summed E-state index contributed by atoms with van der Waals surface area (Å²) in [4.78, 5) is 10.8. The van der Waals surface area contributed by atoms with Crippen LogP contribution in [0.3, 0.4) is 0 Å². The molecule has 0 fully saturated rings. The fourth-order valence-electron chi connectivity index (χ4n) is 2.08. The van der Waals surface area contributed by atoms with Crippen LogP contribution in [-0.2, 0) is 21.3 Å². The van der Waals surface area contributed by atoms with Gasteiger partial charge in [0.25, 0.3) is 0 Å². The number of carbonyl (C=O) groups is 1. The summed E-state index contributed by atoms with van der Waals surface area (Å²) in [6, 6.07) is 15.4. The van der Waals surface area contributed by atoms with Crippen LogP contribution in [0.15, 0.2) is 48.5 Å². The molecule has 0 aromatic heterocycles. The van der Waals surface area contributed by atoms with Gasteiger partial charge in [-0.05, 0) is 28.8 Å². The van der Waals surface area contributed by atoms with Crippen LogP contribution in [0.1, 0.15) is 5.56 Å². The van der Waals surface area contributed by atoms with Gasteiger partial charge in [0.2, 0.25) is 5.91 Å². The van der Waals surface area contributed by atoms with Gasteiger partial charge in [-0.25, -0.2) is 0 Å². The first kappa shape index (κ1) is 15.3. The molecule has 2 rings (SSSR count). The van der Waals surface area contributed by atoms with Crippen molar-refractivity contribution in [1.29, 1.82) is 0 Å². The van der Waals surface area contributed by atoms with E-state index < -0.39 is 16.7 Å². The van der Waals surface area contributed by atoms with E-state index in [2.05, 4.69) is 0 Å². The minimum atomic E-state index is -1.29. The van der Waals surface area contributed by atoms with Crippen molar-refractivity contribution in [3.63, 3.8) is 0 Å². The van der Waals surface area contributed by atoms with Gasteiger partial charge in [0.05, 0.1) is 7.11 Å². The number of ether oxygens (including phenoxy) is 1. The maximum absolute atomic E-state index is 11.9. The fourth-order valence-corrected chi connectivity index (χ4v) is 3.10. The third kappa shape index (κ3) is 4.16. The lowest BCUT2D eigenvalue weighted by molar-refractivity contribution is -0.115. The maximum Gasteiger partial charge on any atom is 0.230 e. The first-order valence-electron chi connectivity index (χ1n) is 6.46. The molecular formula is C16H17NO3S. The molecule has 0 spiro atoms. The lowest BCUT2D eigenvalue weighted by Gasteiger charge is -2.10. The second-order valence-electron chi connectivity index (χ2n) is 4.58. The molecule has 0 heterocycles. The number of benzene rings is 2. The van der Waals surface area contributed by atoms with Crippen molar-refractivity contribution in [2.45, 2.75) is 5.75 Å². The number of hydrogen-bond acceptors (Lipinski definition) is 3. The average Bonchev–Trinajstić information content (AvgIpc) is 2.47. The number of primary amides is 1. The Bertz CT molecular complexity index is 653. The van der Waals surface area contributed by atoms with E-state index in [9.17, 15) is 9.00 Å². The summed E-state index contributed by atoms with van der Waals surface area (Å²) in [5.41, 5.74) is 8.03. The maximum atomic E-state index is 11.9. The third-order valence-electron chi connectivity index (χ3n) is 3.04. The summed E-state index contributed by atoms with van der Waals surface area (Å²) < 4.78 is 17.0. The standard InChI is InChI=1S/C16H17NO3S/c1-20-14-8-6-12(7-9-14)15-5-3-2-4-13(15)10-21(19)11-16(17)18/h2-9H,10-11H2,1H3,(H2,17,18)/t21-/m0/s1. The van der Waals surface area contributed by atoms with E-state index in [1.165, 1.54) is 0 Å². The van der Waals surface area contributed by atoms with Crippen LogP contribution in [0.4, 0.5) is 0 Å². The van der Waals surface area contributed by atoms with Gasteiger partial charge in [0.15, 0.2) is 0 Å². The van der Waals surface area contributed by atoms with Crippen LogP contribution < -0.4 is 10.5 Å². The van der Waals surface area contributed by atoms with Gasteiger partial charge in [-0.3, -0.25) is 9.00 Å². The molecule has 5 heteroatoms. The van der Waals surface area contributed by atoms with Crippen molar-refractivity contribution in [3.05, 3.63) is 54.1 Å². The highest BCUT2D eigenvalue weighted by Gasteiger charge is 2.10. The van der Waals surface area contributed by atoms with E-state index in [-0.39, 0.29) is 5.75 Å². The Morgan fingerprint density at radius 2 is 1.81 bits per heavy atom. The smallest absolute Gasteiger partial charge is 0.230 e. The highest BCUT2D eigenvalue weighted by atomic mass is 32.2. The Labute approximate surface area is 126 Å². The highest BCUT2D eigenvalue weighted by Crippen LogP contribution is 2.26. The number of carbonyl (C=O) groups excluding carboxylic acids is 1. The quantitative estimate of drug-likeness (QED) is 0.888. The molecule has 2 aromatic rings. The van der Waals surface area contributed by atoms with Gasteiger partial charge < -0.3 is 10.5 Å².